The van der Waals surface area contributed by atoms with Crippen molar-refractivity contribution >= 4 is 39.0 Å². The molecule has 84 valence electrons. The van der Waals surface area contributed by atoms with Gasteiger partial charge in [-0.3, -0.25) is 0 Å². The predicted octanol–water partition coefficient (Wildman–Crippen LogP) is 3.56. The highest BCUT2D eigenvalue weighted by molar-refractivity contribution is 7.16. The van der Waals surface area contributed by atoms with E-state index < -0.39 is 0 Å². The van der Waals surface area contributed by atoms with Gasteiger partial charge in [-0.25, -0.2) is 9.97 Å². The summed E-state index contributed by atoms with van der Waals surface area (Å²) in [5.41, 5.74) is 0. The zero-order valence-corrected chi connectivity index (χ0v) is 10.3. The van der Waals surface area contributed by atoms with E-state index in [4.69, 9.17) is 11.6 Å². The number of nitrogens with one attached hydrogen (secondary N) is 1. The Morgan fingerprint density at radius 2 is 2.31 bits per heavy atom. The van der Waals surface area contributed by atoms with Gasteiger partial charge in [0.2, 0.25) is 5.28 Å². The molecule has 1 saturated carbocycles. The standard InChI is InChI=1S/C11H12ClN3S/c12-11-14-9(13-5-3-7-1-2-7)8-4-6-16-10(8)15-11/h4,6-7H,1-3,5H2,(H,13,14,15). The molecule has 5 heteroatoms. The van der Waals surface area contributed by atoms with Crippen molar-refractivity contribution in [3.05, 3.63) is 16.7 Å². The fraction of sp³-hybridized carbons (Fsp3) is 0.455. The van der Waals surface area contributed by atoms with Crippen molar-refractivity contribution in [2.75, 3.05) is 11.9 Å². The molecule has 1 N–H and O–H groups in total. The zero-order valence-electron chi connectivity index (χ0n) is 8.74. The number of fused-ring (bicyclic) bond motifs is 1. The van der Waals surface area contributed by atoms with Gasteiger partial charge in [-0.15, -0.1) is 11.3 Å². The van der Waals surface area contributed by atoms with Crippen LogP contribution < -0.4 is 5.32 Å². The summed E-state index contributed by atoms with van der Waals surface area (Å²) in [4.78, 5) is 9.38. The molecule has 2 aromatic heterocycles. The number of rotatable bonds is 4. The van der Waals surface area contributed by atoms with Crippen LogP contribution >= 0.6 is 22.9 Å². The normalized spacial score (nSPS) is 15.6. The maximum absolute atomic E-state index is 5.88. The molecule has 1 aliphatic rings. The third kappa shape index (κ3) is 2.13. The number of anilines is 1. The molecule has 1 aliphatic carbocycles. The lowest BCUT2D eigenvalue weighted by Gasteiger charge is -2.06. The lowest BCUT2D eigenvalue weighted by atomic mass is 10.3. The maximum Gasteiger partial charge on any atom is 0.225 e. The van der Waals surface area contributed by atoms with Crippen molar-refractivity contribution in [2.24, 2.45) is 5.92 Å². The second-order valence-corrected chi connectivity index (χ2v) is 5.37. The Labute approximate surface area is 103 Å². The molecule has 0 spiro atoms. The average molecular weight is 254 g/mol. The van der Waals surface area contributed by atoms with Crippen molar-refractivity contribution in [1.82, 2.24) is 9.97 Å². The van der Waals surface area contributed by atoms with Crippen LogP contribution in [0.5, 0.6) is 0 Å². The second kappa shape index (κ2) is 4.18. The van der Waals surface area contributed by atoms with Crippen LogP contribution in [0.25, 0.3) is 10.2 Å². The summed E-state index contributed by atoms with van der Waals surface area (Å²) in [5.74, 6) is 1.81. The van der Waals surface area contributed by atoms with Crippen molar-refractivity contribution < 1.29 is 0 Å². The van der Waals surface area contributed by atoms with Crippen LogP contribution in [-0.4, -0.2) is 16.5 Å². The topological polar surface area (TPSA) is 37.8 Å². The number of thiophene rings is 1. The van der Waals surface area contributed by atoms with Crippen LogP contribution in [-0.2, 0) is 0 Å². The van der Waals surface area contributed by atoms with Gasteiger partial charge in [0.05, 0.1) is 5.39 Å². The lowest BCUT2D eigenvalue weighted by Crippen LogP contribution is -2.04. The second-order valence-electron chi connectivity index (χ2n) is 4.14. The number of hydrogen-bond donors (Lipinski definition) is 1. The molecule has 2 aromatic rings. The van der Waals surface area contributed by atoms with Crippen LogP contribution in [0.15, 0.2) is 11.4 Å². The smallest absolute Gasteiger partial charge is 0.225 e. The fourth-order valence-corrected chi connectivity index (χ4v) is 2.75. The molecule has 0 unspecified atom stereocenters. The van der Waals surface area contributed by atoms with Gasteiger partial charge in [-0.1, -0.05) is 12.8 Å². The third-order valence-corrected chi connectivity index (χ3v) is 3.82. The molecular weight excluding hydrogens is 242 g/mol. The molecule has 0 bridgehead atoms. The highest BCUT2D eigenvalue weighted by atomic mass is 35.5. The summed E-state index contributed by atoms with van der Waals surface area (Å²) in [6.07, 6.45) is 4.01. The Hall–Kier alpha value is -0.870. The first-order chi connectivity index (χ1) is 7.83. The molecule has 1 fully saturated rings. The minimum atomic E-state index is 0.323. The van der Waals surface area contributed by atoms with Crippen LogP contribution in [0.2, 0.25) is 5.28 Å². The van der Waals surface area contributed by atoms with Gasteiger partial charge in [0.1, 0.15) is 10.6 Å². The van der Waals surface area contributed by atoms with E-state index >= 15 is 0 Å². The van der Waals surface area contributed by atoms with E-state index in [0.29, 0.717) is 5.28 Å². The van der Waals surface area contributed by atoms with Crippen LogP contribution in [0.4, 0.5) is 5.82 Å². The minimum Gasteiger partial charge on any atom is -0.369 e. The van der Waals surface area contributed by atoms with Gasteiger partial charge in [-0.2, -0.15) is 0 Å². The monoisotopic (exact) mass is 253 g/mol. The highest BCUT2D eigenvalue weighted by Crippen LogP contribution is 2.32. The largest absolute Gasteiger partial charge is 0.369 e. The number of aromatic nitrogens is 2. The van der Waals surface area contributed by atoms with Gasteiger partial charge in [0.25, 0.3) is 0 Å². The van der Waals surface area contributed by atoms with E-state index in [1.807, 2.05) is 11.4 Å². The quantitative estimate of drug-likeness (QED) is 0.847. The molecule has 0 saturated heterocycles. The average Bonchev–Trinajstić information content (AvgIpc) is 2.95. The molecule has 3 rings (SSSR count). The Kier molecular flexibility index (Phi) is 2.69. The SMILES string of the molecule is Clc1nc(NCCC2CC2)c2ccsc2n1. The minimum absolute atomic E-state index is 0.323. The van der Waals surface area contributed by atoms with E-state index in [1.165, 1.54) is 19.3 Å². The Balaban J connectivity index is 1.80. The fourth-order valence-electron chi connectivity index (χ4n) is 1.77. The van der Waals surface area contributed by atoms with Crippen LogP contribution in [0, 0.1) is 5.92 Å². The lowest BCUT2D eigenvalue weighted by molar-refractivity contribution is 0.759. The van der Waals surface area contributed by atoms with Crippen LogP contribution in [0.3, 0.4) is 0 Å². The van der Waals surface area contributed by atoms with E-state index in [0.717, 1.165) is 28.5 Å². The predicted molar refractivity (Wildman–Crippen MR) is 68.3 cm³/mol. The Morgan fingerprint density at radius 3 is 3.12 bits per heavy atom. The van der Waals surface area contributed by atoms with E-state index in [-0.39, 0.29) is 0 Å². The number of hydrogen-bond acceptors (Lipinski definition) is 4. The first-order valence-corrected chi connectivity index (χ1v) is 6.73. The Morgan fingerprint density at radius 1 is 1.44 bits per heavy atom. The van der Waals surface area contributed by atoms with E-state index in [2.05, 4.69) is 15.3 Å². The van der Waals surface area contributed by atoms with Gasteiger partial charge < -0.3 is 5.32 Å². The van der Waals surface area contributed by atoms with E-state index in [1.54, 1.807) is 11.3 Å². The van der Waals surface area contributed by atoms with E-state index in [9.17, 15) is 0 Å². The molecule has 0 radical (unpaired) electrons. The molecule has 0 aliphatic heterocycles. The maximum atomic E-state index is 5.88. The van der Waals surface area contributed by atoms with Crippen molar-refractivity contribution in [3.63, 3.8) is 0 Å². The van der Waals surface area contributed by atoms with Crippen molar-refractivity contribution in [2.45, 2.75) is 19.3 Å². The molecule has 3 nitrogen and oxygen atoms in total. The summed E-state index contributed by atoms with van der Waals surface area (Å²) in [6.45, 7) is 0.975. The van der Waals surface area contributed by atoms with Gasteiger partial charge in [-0.05, 0) is 35.4 Å². The third-order valence-electron chi connectivity index (χ3n) is 2.84. The number of nitrogens with zero attached hydrogens (tertiary/aromatic N) is 2. The van der Waals surface area contributed by atoms with Crippen molar-refractivity contribution in [1.29, 1.82) is 0 Å². The summed E-state index contributed by atoms with van der Waals surface area (Å²) in [5, 5.41) is 6.77. The first kappa shape index (κ1) is 10.3. The van der Waals surface area contributed by atoms with Gasteiger partial charge in [0, 0.05) is 6.54 Å². The molecule has 0 atom stereocenters. The first-order valence-electron chi connectivity index (χ1n) is 5.47. The summed E-state index contributed by atoms with van der Waals surface area (Å²) >= 11 is 7.47. The summed E-state index contributed by atoms with van der Waals surface area (Å²) in [7, 11) is 0. The molecule has 0 aromatic carbocycles. The Bertz CT molecular complexity index is 507. The van der Waals surface area contributed by atoms with Gasteiger partial charge in [0.15, 0.2) is 0 Å². The van der Waals surface area contributed by atoms with Crippen molar-refractivity contribution in [3.8, 4) is 0 Å². The van der Waals surface area contributed by atoms with Gasteiger partial charge >= 0.3 is 0 Å². The molecular formula is C11H12ClN3S. The summed E-state index contributed by atoms with van der Waals surface area (Å²) in [6, 6.07) is 2.04. The molecule has 2 heterocycles. The zero-order chi connectivity index (χ0) is 11.0. The summed E-state index contributed by atoms with van der Waals surface area (Å²) < 4.78 is 0. The number of halogens is 1. The molecule has 16 heavy (non-hydrogen) atoms. The van der Waals surface area contributed by atoms with Crippen LogP contribution in [0.1, 0.15) is 19.3 Å². The molecule has 0 amide bonds. The highest BCUT2D eigenvalue weighted by Gasteiger charge is 2.20.